The van der Waals surface area contributed by atoms with E-state index in [1.165, 1.54) is 5.56 Å². The van der Waals surface area contributed by atoms with Gasteiger partial charge in [0.1, 0.15) is 5.75 Å². The molecule has 6 heteroatoms. The molecular formula is C21H25N3O3. The summed E-state index contributed by atoms with van der Waals surface area (Å²) in [6.07, 6.45) is 1.85. The third-order valence-electron chi connectivity index (χ3n) is 5.49. The predicted octanol–water partition coefficient (Wildman–Crippen LogP) is 2.45. The molecule has 0 bridgehead atoms. The molecular weight excluding hydrogens is 342 g/mol. The van der Waals surface area contributed by atoms with Gasteiger partial charge in [0.2, 0.25) is 0 Å². The Balaban J connectivity index is 1.46. The van der Waals surface area contributed by atoms with E-state index in [1.54, 1.807) is 16.7 Å². The van der Waals surface area contributed by atoms with Gasteiger partial charge in [-0.15, -0.1) is 0 Å². The Labute approximate surface area is 157 Å². The van der Waals surface area contributed by atoms with Gasteiger partial charge >= 0.3 is 5.69 Å². The number of aliphatic hydroxyl groups excluding tert-OH is 1. The number of H-pyrrole nitrogens is 1. The minimum Gasteiger partial charge on any atom is -0.508 e. The number of nitrogens with one attached hydrogen (secondary N) is 2. The van der Waals surface area contributed by atoms with Crippen molar-refractivity contribution in [3.63, 3.8) is 0 Å². The molecule has 3 aromatic rings. The van der Waals surface area contributed by atoms with Crippen LogP contribution in [0.2, 0.25) is 0 Å². The molecule has 27 heavy (non-hydrogen) atoms. The van der Waals surface area contributed by atoms with E-state index in [9.17, 15) is 15.0 Å². The first-order chi connectivity index (χ1) is 13.0. The summed E-state index contributed by atoms with van der Waals surface area (Å²) in [7, 11) is 0. The van der Waals surface area contributed by atoms with Crippen molar-refractivity contribution in [3.8, 4) is 5.75 Å². The van der Waals surface area contributed by atoms with Gasteiger partial charge in [-0.3, -0.25) is 4.57 Å². The minimum atomic E-state index is -0.659. The van der Waals surface area contributed by atoms with E-state index >= 15 is 0 Å². The molecule has 1 aliphatic rings. The molecule has 0 spiro atoms. The van der Waals surface area contributed by atoms with Gasteiger partial charge in [0, 0.05) is 24.2 Å². The number of benzene rings is 2. The number of imidazole rings is 1. The summed E-state index contributed by atoms with van der Waals surface area (Å²) in [6, 6.07) is 13.0. The molecule has 2 aromatic carbocycles. The SMILES string of the molecule is C[C@@H](CCc1ccc(O)cc1)N[C@@H]1CCn2c(=O)[nH]c3cccc(c32)[C@H]1O. The summed E-state index contributed by atoms with van der Waals surface area (Å²) < 4.78 is 1.73. The van der Waals surface area contributed by atoms with Crippen LogP contribution in [-0.4, -0.2) is 31.8 Å². The van der Waals surface area contributed by atoms with Crippen LogP contribution in [0.5, 0.6) is 5.75 Å². The monoisotopic (exact) mass is 367 g/mol. The van der Waals surface area contributed by atoms with Gasteiger partial charge in [0.05, 0.1) is 17.1 Å². The van der Waals surface area contributed by atoms with Crippen LogP contribution >= 0.6 is 0 Å². The number of aliphatic hydroxyl groups is 1. The summed E-state index contributed by atoms with van der Waals surface area (Å²) in [6.45, 7) is 2.70. The molecule has 2 heterocycles. The highest BCUT2D eigenvalue weighted by atomic mass is 16.3. The number of nitrogens with zero attached hydrogens (tertiary/aromatic N) is 1. The molecule has 3 atom stereocenters. The number of aromatic hydroxyl groups is 1. The van der Waals surface area contributed by atoms with Crippen LogP contribution in [-0.2, 0) is 13.0 Å². The Hall–Kier alpha value is -2.57. The lowest BCUT2D eigenvalue weighted by atomic mass is 9.98. The molecule has 1 aliphatic heterocycles. The second-order valence-corrected chi connectivity index (χ2v) is 7.44. The highest BCUT2D eigenvalue weighted by Crippen LogP contribution is 2.30. The first-order valence-electron chi connectivity index (χ1n) is 9.46. The predicted molar refractivity (Wildman–Crippen MR) is 105 cm³/mol. The van der Waals surface area contributed by atoms with Gasteiger partial charge in [-0.05, 0) is 49.9 Å². The van der Waals surface area contributed by atoms with Crippen LogP contribution in [0.15, 0.2) is 47.3 Å². The van der Waals surface area contributed by atoms with Crippen molar-refractivity contribution in [1.82, 2.24) is 14.9 Å². The number of aromatic nitrogens is 2. The third kappa shape index (κ3) is 3.50. The quantitative estimate of drug-likeness (QED) is 0.558. The van der Waals surface area contributed by atoms with Gasteiger partial charge in [-0.25, -0.2) is 4.79 Å². The first kappa shape index (κ1) is 17.8. The second-order valence-electron chi connectivity index (χ2n) is 7.44. The number of rotatable bonds is 5. The molecule has 0 radical (unpaired) electrons. The van der Waals surface area contributed by atoms with Gasteiger partial charge in [0.15, 0.2) is 0 Å². The average Bonchev–Trinajstić information content (AvgIpc) is 2.91. The molecule has 4 N–H and O–H groups in total. The van der Waals surface area contributed by atoms with E-state index in [1.807, 2.05) is 30.3 Å². The number of aromatic amines is 1. The van der Waals surface area contributed by atoms with Crippen LogP contribution in [0.1, 0.15) is 37.0 Å². The zero-order valence-electron chi connectivity index (χ0n) is 15.4. The van der Waals surface area contributed by atoms with Crippen molar-refractivity contribution in [2.75, 3.05) is 0 Å². The Morgan fingerprint density at radius 2 is 2.04 bits per heavy atom. The first-order valence-corrected chi connectivity index (χ1v) is 9.46. The van der Waals surface area contributed by atoms with Crippen LogP contribution in [0.4, 0.5) is 0 Å². The molecule has 0 amide bonds. The fraction of sp³-hybridized carbons (Fsp3) is 0.381. The summed E-state index contributed by atoms with van der Waals surface area (Å²) >= 11 is 0. The zero-order valence-corrected chi connectivity index (χ0v) is 15.4. The topological polar surface area (TPSA) is 90.3 Å². The summed E-state index contributed by atoms with van der Waals surface area (Å²) in [5.41, 5.74) is 3.45. The number of phenols is 1. The fourth-order valence-electron chi connectivity index (χ4n) is 4.01. The lowest BCUT2D eigenvalue weighted by Gasteiger charge is -2.26. The normalized spacial score (nSPS) is 20.5. The number of hydrogen-bond acceptors (Lipinski definition) is 4. The number of hydrogen-bond donors (Lipinski definition) is 4. The zero-order chi connectivity index (χ0) is 19.0. The standard InChI is InChI=1S/C21H25N3O3/c1-13(5-6-14-7-9-15(25)10-8-14)22-18-11-12-24-19-16(20(18)26)3-2-4-17(19)23-21(24)27/h2-4,7-10,13,18,20,22,25-26H,5-6,11-12H2,1H3,(H,23,27)/t13-,18+,20+/m0/s1. The molecule has 1 aromatic heterocycles. The van der Waals surface area contributed by atoms with E-state index < -0.39 is 6.10 Å². The molecule has 0 unspecified atom stereocenters. The molecule has 0 fully saturated rings. The number of phenolic OH excluding ortho intramolecular Hbond substituents is 1. The maximum Gasteiger partial charge on any atom is 0.326 e. The van der Waals surface area contributed by atoms with Crippen LogP contribution in [0, 0.1) is 0 Å². The Kier molecular flexibility index (Phi) is 4.76. The lowest BCUT2D eigenvalue weighted by molar-refractivity contribution is 0.119. The molecule has 0 saturated carbocycles. The van der Waals surface area contributed by atoms with Gasteiger partial charge < -0.3 is 20.5 Å². The summed E-state index contributed by atoms with van der Waals surface area (Å²) in [4.78, 5) is 15.1. The van der Waals surface area contributed by atoms with Crippen molar-refractivity contribution in [2.24, 2.45) is 0 Å². The smallest absolute Gasteiger partial charge is 0.326 e. The van der Waals surface area contributed by atoms with Crippen LogP contribution < -0.4 is 11.0 Å². The Morgan fingerprint density at radius 1 is 1.26 bits per heavy atom. The average molecular weight is 367 g/mol. The van der Waals surface area contributed by atoms with E-state index in [4.69, 9.17) is 0 Å². The van der Waals surface area contributed by atoms with Crippen molar-refractivity contribution in [2.45, 2.75) is 50.9 Å². The van der Waals surface area contributed by atoms with Crippen LogP contribution in [0.3, 0.4) is 0 Å². The highest BCUT2D eigenvalue weighted by molar-refractivity contribution is 5.79. The number of aryl methyl sites for hydroxylation is 2. The summed E-state index contributed by atoms with van der Waals surface area (Å²) in [5.74, 6) is 0.277. The summed E-state index contributed by atoms with van der Waals surface area (Å²) in [5, 5.41) is 23.9. The van der Waals surface area contributed by atoms with E-state index in [-0.39, 0.29) is 23.5 Å². The largest absolute Gasteiger partial charge is 0.508 e. The molecule has 142 valence electrons. The molecule has 4 rings (SSSR count). The highest BCUT2D eigenvalue weighted by Gasteiger charge is 2.29. The van der Waals surface area contributed by atoms with Gasteiger partial charge in [-0.2, -0.15) is 0 Å². The Bertz CT molecular complexity index is 990. The van der Waals surface area contributed by atoms with E-state index in [0.717, 1.165) is 29.4 Å². The third-order valence-corrected chi connectivity index (χ3v) is 5.49. The minimum absolute atomic E-state index is 0.107. The van der Waals surface area contributed by atoms with Crippen molar-refractivity contribution in [3.05, 3.63) is 64.1 Å². The molecule has 0 saturated heterocycles. The molecule has 0 aliphatic carbocycles. The number of para-hydroxylation sites is 1. The van der Waals surface area contributed by atoms with Gasteiger partial charge in [-0.1, -0.05) is 24.3 Å². The second kappa shape index (κ2) is 7.21. The van der Waals surface area contributed by atoms with Gasteiger partial charge in [0.25, 0.3) is 0 Å². The van der Waals surface area contributed by atoms with Crippen LogP contribution in [0.25, 0.3) is 11.0 Å². The van der Waals surface area contributed by atoms with Crippen molar-refractivity contribution in [1.29, 1.82) is 0 Å². The molecule has 6 nitrogen and oxygen atoms in total. The Morgan fingerprint density at radius 3 is 2.81 bits per heavy atom. The lowest BCUT2D eigenvalue weighted by Crippen LogP contribution is -2.41. The van der Waals surface area contributed by atoms with Crippen molar-refractivity contribution < 1.29 is 10.2 Å². The maximum absolute atomic E-state index is 12.2. The van der Waals surface area contributed by atoms with Crippen molar-refractivity contribution >= 4 is 11.0 Å². The van der Waals surface area contributed by atoms with E-state index in [2.05, 4.69) is 17.2 Å². The maximum atomic E-state index is 12.2. The van der Waals surface area contributed by atoms with E-state index in [0.29, 0.717) is 13.0 Å². The fourth-order valence-corrected chi connectivity index (χ4v) is 4.01.